The van der Waals surface area contributed by atoms with E-state index in [0.29, 0.717) is 5.56 Å². The summed E-state index contributed by atoms with van der Waals surface area (Å²) < 4.78 is 28.4. The maximum absolute atomic E-state index is 12.1. The fourth-order valence-electron chi connectivity index (χ4n) is 3.70. The largest absolute Gasteiger partial charge is 0.449 e. The minimum absolute atomic E-state index is 0.0117. The van der Waals surface area contributed by atoms with Crippen molar-refractivity contribution in [2.24, 2.45) is 0 Å². The van der Waals surface area contributed by atoms with Gasteiger partial charge in [-0.05, 0) is 46.5 Å². The molecule has 0 heterocycles. The van der Waals surface area contributed by atoms with Crippen LogP contribution in [0, 0.1) is 11.8 Å². The summed E-state index contributed by atoms with van der Waals surface area (Å²) in [5, 5.41) is 2.63. The van der Waals surface area contributed by atoms with E-state index < -0.39 is 15.9 Å². The Morgan fingerprint density at radius 1 is 0.935 bits per heavy atom. The number of carbonyl (C=O) groups is 1. The van der Waals surface area contributed by atoms with Gasteiger partial charge in [0.15, 0.2) is 9.84 Å². The molecule has 1 N–H and O–H groups in total. The molecule has 0 atom stereocenters. The SMILES string of the molecule is CS(=O)(=O)c1ccc(C#CCNC(=O)OCC2c3ccccc3-c3ccccc32)cc1. The third-order valence-corrected chi connectivity index (χ3v) is 6.31. The lowest BCUT2D eigenvalue weighted by Crippen LogP contribution is -2.26. The lowest BCUT2D eigenvalue weighted by atomic mass is 9.98. The van der Waals surface area contributed by atoms with Crippen molar-refractivity contribution in [2.75, 3.05) is 19.4 Å². The molecule has 0 unspecified atom stereocenters. The second-order valence-electron chi connectivity index (χ2n) is 7.28. The highest BCUT2D eigenvalue weighted by atomic mass is 32.2. The number of fused-ring (bicyclic) bond motifs is 3. The Bertz CT molecular complexity index is 1240. The summed E-state index contributed by atoms with van der Waals surface area (Å²) in [5.74, 6) is 5.74. The van der Waals surface area contributed by atoms with E-state index in [0.717, 1.165) is 17.4 Å². The molecule has 0 fully saturated rings. The van der Waals surface area contributed by atoms with Gasteiger partial charge in [-0.1, -0.05) is 60.4 Å². The van der Waals surface area contributed by atoms with E-state index in [2.05, 4.69) is 41.4 Å². The number of ether oxygens (including phenoxy) is 1. The van der Waals surface area contributed by atoms with Crippen LogP contribution in [-0.4, -0.2) is 33.9 Å². The van der Waals surface area contributed by atoms with E-state index >= 15 is 0 Å². The van der Waals surface area contributed by atoms with Crippen LogP contribution in [-0.2, 0) is 14.6 Å². The lowest BCUT2D eigenvalue weighted by Gasteiger charge is -2.14. The molecule has 0 radical (unpaired) electrons. The average molecular weight is 432 g/mol. The summed E-state index contributed by atoms with van der Waals surface area (Å²) in [4.78, 5) is 12.4. The third kappa shape index (κ3) is 4.62. The summed E-state index contributed by atoms with van der Waals surface area (Å²) in [6.45, 7) is 0.380. The van der Waals surface area contributed by atoms with Crippen molar-refractivity contribution < 1.29 is 17.9 Å². The van der Waals surface area contributed by atoms with E-state index in [1.165, 1.54) is 23.3 Å². The van der Waals surface area contributed by atoms with Gasteiger partial charge in [-0.3, -0.25) is 0 Å². The van der Waals surface area contributed by atoms with Crippen molar-refractivity contribution in [3.8, 4) is 23.0 Å². The van der Waals surface area contributed by atoms with Gasteiger partial charge in [-0.25, -0.2) is 13.2 Å². The highest BCUT2D eigenvalue weighted by Crippen LogP contribution is 2.44. The smallest absolute Gasteiger partial charge is 0.407 e. The molecule has 6 heteroatoms. The normalized spacial score (nSPS) is 12.3. The summed E-state index contributed by atoms with van der Waals surface area (Å²) in [6.07, 6.45) is 0.634. The van der Waals surface area contributed by atoms with Gasteiger partial charge in [-0.15, -0.1) is 0 Å². The van der Waals surface area contributed by atoms with Crippen LogP contribution in [0.2, 0.25) is 0 Å². The van der Waals surface area contributed by atoms with Gasteiger partial charge in [-0.2, -0.15) is 0 Å². The second-order valence-corrected chi connectivity index (χ2v) is 9.29. The van der Waals surface area contributed by atoms with Crippen LogP contribution < -0.4 is 5.32 Å². The van der Waals surface area contributed by atoms with E-state index in [-0.39, 0.29) is 24.0 Å². The zero-order valence-corrected chi connectivity index (χ0v) is 17.8. The molecule has 1 amide bonds. The number of nitrogens with one attached hydrogen (secondary N) is 1. The summed E-state index contributed by atoms with van der Waals surface area (Å²) in [5.41, 5.74) is 5.35. The molecule has 0 spiro atoms. The summed E-state index contributed by atoms with van der Waals surface area (Å²) in [6, 6.07) is 22.6. The first-order valence-corrected chi connectivity index (χ1v) is 11.7. The van der Waals surface area contributed by atoms with E-state index in [1.54, 1.807) is 12.1 Å². The van der Waals surface area contributed by atoms with Gasteiger partial charge in [0.2, 0.25) is 0 Å². The molecular formula is C25H21NO4S. The predicted molar refractivity (Wildman–Crippen MR) is 120 cm³/mol. The Labute approximate surface area is 182 Å². The molecule has 3 aromatic carbocycles. The molecule has 1 aliphatic carbocycles. The molecule has 3 aromatic rings. The van der Waals surface area contributed by atoms with Crippen LogP contribution in [0.5, 0.6) is 0 Å². The first kappa shape index (κ1) is 20.7. The minimum Gasteiger partial charge on any atom is -0.449 e. The van der Waals surface area contributed by atoms with Gasteiger partial charge in [0.1, 0.15) is 6.61 Å². The first-order valence-electron chi connectivity index (χ1n) is 9.81. The van der Waals surface area contributed by atoms with Crippen LogP contribution in [0.15, 0.2) is 77.7 Å². The van der Waals surface area contributed by atoms with Crippen molar-refractivity contribution >= 4 is 15.9 Å². The summed E-state index contributed by atoms with van der Waals surface area (Å²) in [7, 11) is -3.23. The molecular weight excluding hydrogens is 410 g/mol. The molecule has 156 valence electrons. The number of alkyl carbamates (subject to hydrolysis) is 1. The van der Waals surface area contributed by atoms with E-state index in [1.807, 2.05) is 24.3 Å². The summed E-state index contributed by atoms with van der Waals surface area (Å²) >= 11 is 0. The van der Waals surface area contributed by atoms with Crippen LogP contribution in [0.3, 0.4) is 0 Å². The van der Waals surface area contributed by atoms with Crippen LogP contribution >= 0.6 is 0 Å². The number of carbonyl (C=O) groups excluding carboxylic acids is 1. The zero-order valence-electron chi connectivity index (χ0n) is 17.0. The Hall–Kier alpha value is -3.56. The van der Waals surface area contributed by atoms with Crippen molar-refractivity contribution in [3.05, 3.63) is 89.5 Å². The molecule has 0 saturated heterocycles. The number of sulfone groups is 1. The topological polar surface area (TPSA) is 72.5 Å². The number of hydrogen-bond acceptors (Lipinski definition) is 4. The molecule has 4 rings (SSSR count). The number of amides is 1. The van der Waals surface area contributed by atoms with Crippen LogP contribution in [0.25, 0.3) is 11.1 Å². The quantitative estimate of drug-likeness (QED) is 0.635. The molecule has 31 heavy (non-hydrogen) atoms. The van der Waals surface area contributed by atoms with E-state index in [9.17, 15) is 13.2 Å². The number of rotatable bonds is 4. The monoisotopic (exact) mass is 431 g/mol. The van der Waals surface area contributed by atoms with Gasteiger partial charge in [0.05, 0.1) is 11.4 Å². The minimum atomic E-state index is -3.23. The highest BCUT2D eigenvalue weighted by Gasteiger charge is 2.28. The third-order valence-electron chi connectivity index (χ3n) is 5.18. The lowest BCUT2D eigenvalue weighted by molar-refractivity contribution is 0.144. The molecule has 5 nitrogen and oxygen atoms in total. The Morgan fingerprint density at radius 2 is 1.52 bits per heavy atom. The molecule has 0 aromatic heterocycles. The van der Waals surface area contributed by atoms with Crippen molar-refractivity contribution in [1.29, 1.82) is 0 Å². The molecule has 0 saturated carbocycles. The first-order chi connectivity index (χ1) is 14.9. The fourth-order valence-corrected chi connectivity index (χ4v) is 4.33. The molecule has 1 aliphatic rings. The van der Waals surface area contributed by atoms with Crippen LogP contribution in [0.1, 0.15) is 22.6 Å². The average Bonchev–Trinajstić information content (AvgIpc) is 3.09. The highest BCUT2D eigenvalue weighted by molar-refractivity contribution is 7.90. The Balaban J connectivity index is 1.32. The van der Waals surface area contributed by atoms with Crippen molar-refractivity contribution in [1.82, 2.24) is 5.32 Å². The Kier molecular flexibility index (Phi) is 5.79. The van der Waals surface area contributed by atoms with Gasteiger partial charge < -0.3 is 10.1 Å². The number of benzene rings is 3. The zero-order chi connectivity index (χ0) is 21.8. The second kappa shape index (κ2) is 8.66. The Morgan fingerprint density at radius 3 is 2.10 bits per heavy atom. The van der Waals surface area contributed by atoms with E-state index in [4.69, 9.17) is 4.74 Å². The maximum Gasteiger partial charge on any atom is 0.407 e. The van der Waals surface area contributed by atoms with Gasteiger partial charge in [0, 0.05) is 17.7 Å². The van der Waals surface area contributed by atoms with Crippen LogP contribution in [0.4, 0.5) is 4.79 Å². The van der Waals surface area contributed by atoms with Gasteiger partial charge >= 0.3 is 6.09 Å². The predicted octanol–water partition coefficient (Wildman–Crippen LogP) is 3.98. The maximum atomic E-state index is 12.1. The number of hydrogen-bond donors (Lipinski definition) is 1. The molecule has 0 aliphatic heterocycles. The van der Waals surface area contributed by atoms with Crippen molar-refractivity contribution in [2.45, 2.75) is 10.8 Å². The van der Waals surface area contributed by atoms with Gasteiger partial charge in [0.25, 0.3) is 0 Å². The van der Waals surface area contributed by atoms with Crippen molar-refractivity contribution in [3.63, 3.8) is 0 Å². The fraction of sp³-hybridized carbons (Fsp3) is 0.160. The standard InChI is InChI=1S/C25H21NO4S/c1-31(28,29)19-14-12-18(13-15-19)7-6-16-26-25(27)30-17-24-22-10-4-2-8-20(22)21-9-3-5-11-23(21)24/h2-5,8-15,24H,16-17H2,1H3,(H,26,27). The molecule has 0 bridgehead atoms.